The van der Waals surface area contributed by atoms with Gasteiger partial charge in [-0.15, -0.1) is 0 Å². The van der Waals surface area contributed by atoms with E-state index in [1.807, 2.05) is 12.1 Å². The van der Waals surface area contributed by atoms with Crippen LogP contribution in [0.25, 0.3) is 0 Å². The smallest absolute Gasteiger partial charge is 0.162 e. The molecule has 0 saturated heterocycles. The number of allylic oxidation sites excluding steroid dienone is 4. The first-order valence-corrected chi connectivity index (χ1v) is 12.4. The molecular formula is C28H38F2. The highest BCUT2D eigenvalue weighted by Crippen LogP contribution is 2.40. The molecular weight excluding hydrogens is 374 g/mol. The third-order valence-corrected chi connectivity index (χ3v) is 8.09. The highest BCUT2D eigenvalue weighted by atomic mass is 19.2. The molecule has 0 aliphatic heterocycles. The van der Waals surface area contributed by atoms with E-state index >= 15 is 0 Å². The second-order valence-corrected chi connectivity index (χ2v) is 10.5. The standard InChI is InChI=1S/C28H38F2/c1-19-3-7-21(8-4-19)9-10-22-11-15-24(16-12-22)26-18-17-25(27(29)28(26)30)23-13-5-20(2)6-14-23/h9-11,15,17-24H,3-8,12-14,16H2,1-2H3/b10-9+. The summed E-state index contributed by atoms with van der Waals surface area (Å²) in [6.07, 6.45) is 20.5. The van der Waals surface area contributed by atoms with E-state index in [1.54, 1.807) is 0 Å². The summed E-state index contributed by atoms with van der Waals surface area (Å²) < 4.78 is 29.9. The Kier molecular flexibility index (Phi) is 7.11. The average Bonchev–Trinajstić information content (AvgIpc) is 2.76. The van der Waals surface area contributed by atoms with Crippen LogP contribution in [-0.4, -0.2) is 0 Å². The molecule has 164 valence electrons. The van der Waals surface area contributed by atoms with Crippen LogP contribution >= 0.6 is 0 Å². The Labute approximate surface area is 181 Å². The van der Waals surface area contributed by atoms with Crippen molar-refractivity contribution >= 4 is 0 Å². The highest BCUT2D eigenvalue weighted by Gasteiger charge is 2.27. The van der Waals surface area contributed by atoms with Gasteiger partial charge in [0.05, 0.1) is 0 Å². The number of benzene rings is 1. The van der Waals surface area contributed by atoms with Gasteiger partial charge < -0.3 is 0 Å². The van der Waals surface area contributed by atoms with Crippen LogP contribution in [0.15, 0.2) is 36.4 Å². The maximum Gasteiger partial charge on any atom is 0.162 e. The molecule has 0 bridgehead atoms. The van der Waals surface area contributed by atoms with Gasteiger partial charge in [-0.2, -0.15) is 0 Å². The van der Waals surface area contributed by atoms with Gasteiger partial charge >= 0.3 is 0 Å². The van der Waals surface area contributed by atoms with Crippen LogP contribution in [0.5, 0.6) is 0 Å². The number of rotatable bonds is 4. The van der Waals surface area contributed by atoms with Crippen molar-refractivity contribution in [2.75, 3.05) is 0 Å². The minimum absolute atomic E-state index is 0.000100. The quantitative estimate of drug-likeness (QED) is 0.434. The molecule has 0 nitrogen and oxygen atoms in total. The summed E-state index contributed by atoms with van der Waals surface area (Å²) in [7, 11) is 0. The Morgan fingerprint density at radius 2 is 1.27 bits per heavy atom. The molecule has 2 heteroatoms. The van der Waals surface area contributed by atoms with E-state index in [0.717, 1.165) is 50.4 Å². The van der Waals surface area contributed by atoms with E-state index in [9.17, 15) is 8.78 Å². The lowest BCUT2D eigenvalue weighted by Crippen LogP contribution is -2.14. The van der Waals surface area contributed by atoms with Crippen LogP contribution in [0.3, 0.4) is 0 Å². The maximum absolute atomic E-state index is 15.0. The van der Waals surface area contributed by atoms with Gasteiger partial charge in [0.1, 0.15) is 0 Å². The topological polar surface area (TPSA) is 0 Å². The van der Waals surface area contributed by atoms with Crippen molar-refractivity contribution in [2.24, 2.45) is 23.7 Å². The molecule has 0 amide bonds. The van der Waals surface area contributed by atoms with Gasteiger partial charge in [0.15, 0.2) is 11.6 Å². The Morgan fingerprint density at radius 1 is 0.667 bits per heavy atom. The van der Waals surface area contributed by atoms with Crippen LogP contribution < -0.4 is 0 Å². The molecule has 1 aromatic rings. The average molecular weight is 413 g/mol. The Bertz CT molecular complexity index is 761. The van der Waals surface area contributed by atoms with Crippen molar-refractivity contribution in [3.63, 3.8) is 0 Å². The Hall–Kier alpha value is -1.44. The zero-order chi connectivity index (χ0) is 21.1. The zero-order valence-electron chi connectivity index (χ0n) is 18.8. The van der Waals surface area contributed by atoms with Gasteiger partial charge in [0, 0.05) is 5.92 Å². The molecule has 2 unspecified atom stereocenters. The fraction of sp³-hybridized carbons (Fsp3) is 0.643. The zero-order valence-corrected chi connectivity index (χ0v) is 18.8. The minimum atomic E-state index is -0.605. The molecule has 3 aliphatic rings. The molecule has 2 fully saturated rings. The van der Waals surface area contributed by atoms with E-state index in [4.69, 9.17) is 0 Å². The monoisotopic (exact) mass is 412 g/mol. The van der Waals surface area contributed by atoms with Crippen molar-refractivity contribution in [3.05, 3.63) is 59.2 Å². The first-order chi connectivity index (χ1) is 14.5. The summed E-state index contributed by atoms with van der Waals surface area (Å²) in [5.74, 6) is 1.76. The molecule has 0 heterocycles. The van der Waals surface area contributed by atoms with Gasteiger partial charge in [-0.3, -0.25) is 0 Å². The van der Waals surface area contributed by atoms with Crippen molar-refractivity contribution in [1.82, 2.24) is 0 Å². The van der Waals surface area contributed by atoms with Crippen LogP contribution in [0.1, 0.15) is 101 Å². The fourth-order valence-electron chi connectivity index (χ4n) is 5.79. The normalized spacial score (nSPS) is 35.1. The van der Waals surface area contributed by atoms with Gasteiger partial charge in [0.25, 0.3) is 0 Å². The van der Waals surface area contributed by atoms with Crippen molar-refractivity contribution < 1.29 is 8.78 Å². The Balaban J connectivity index is 1.39. The second kappa shape index (κ2) is 9.79. The van der Waals surface area contributed by atoms with E-state index < -0.39 is 11.6 Å². The third kappa shape index (κ3) is 5.06. The molecule has 2 saturated carbocycles. The predicted molar refractivity (Wildman–Crippen MR) is 122 cm³/mol. The van der Waals surface area contributed by atoms with Crippen LogP contribution in [0.4, 0.5) is 8.78 Å². The lowest BCUT2D eigenvalue weighted by molar-refractivity contribution is 0.329. The second-order valence-electron chi connectivity index (χ2n) is 10.5. The molecule has 0 radical (unpaired) electrons. The van der Waals surface area contributed by atoms with Crippen molar-refractivity contribution in [3.8, 4) is 0 Å². The molecule has 30 heavy (non-hydrogen) atoms. The molecule has 1 aromatic carbocycles. The van der Waals surface area contributed by atoms with Gasteiger partial charge in [-0.05, 0) is 79.2 Å². The summed E-state index contributed by atoms with van der Waals surface area (Å²) in [5, 5.41) is 0. The van der Waals surface area contributed by atoms with Gasteiger partial charge in [-0.25, -0.2) is 8.78 Å². The molecule has 4 rings (SSSR count). The lowest BCUT2D eigenvalue weighted by Gasteiger charge is -2.28. The molecule has 0 N–H and O–H groups in total. The van der Waals surface area contributed by atoms with Crippen molar-refractivity contribution in [1.29, 1.82) is 0 Å². The molecule has 0 spiro atoms. The summed E-state index contributed by atoms with van der Waals surface area (Å²) in [6, 6.07) is 3.73. The first kappa shape index (κ1) is 21.8. The van der Waals surface area contributed by atoms with E-state index in [1.165, 1.54) is 25.7 Å². The van der Waals surface area contributed by atoms with Gasteiger partial charge in [-0.1, -0.05) is 76.0 Å². The van der Waals surface area contributed by atoms with Gasteiger partial charge in [0.2, 0.25) is 0 Å². The summed E-state index contributed by atoms with van der Waals surface area (Å²) in [4.78, 5) is 0. The molecule has 0 aromatic heterocycles. The van der Waals surface area contributed by atoms with Crippen LogP contribution in [-0.2, 0) is 0 Å². The Morgan fingerprint density at radius 3 is 1.90 bits per heavy atom. The minimum Gasteiger partial charge on any atom is -0.203 e. The number of halogens is 2. The fourth-order valence-corrected chi connectivity index (χ4v) is 5.79. The van der Waals surface area contributed by atoms with Crippen molar-refractivity contribution in [2.45, 2.75) is 89.9 Å². The molecule has 2 atom stereocenters. The predicted octanol–water partition coefficient (Wildman–Crippen LogP) is 8.69. The number of hydrogen-bond donors (Lipinski definition) is 0. The molecule has 3 aliphatic carbocycles. The third-order valence-electron chi connectivity index (χ3n) is 8.09. The summed E-state index contributed by atoms with van der Waals surface area (Å²) >= 11 is 0. The van der Waals surface area contributed by atoms with Crippen LogP contribution in [0.2, 0.25) is 0 Å². The largest absolute Gasteiger partial charge is 0.203 e. The lowest BCUT2D eigenvalue weighted by atomic mass is 9.78. The maximum atomic E-state index is 15.0. The highest BCUT2D eigenvalue weighted by molar-refractivity contribution is 5.34. The van der Waals surface area contributed by atoms with E-state index in [2.05, 4.69) is 38.2 Å². The summed E-state index contributed by atoms with van der Waals surface area (Å²) in [6.45, 7) is 4.61. The number of hydrogen-bond acceptors (Lipinski definition) is 0. The van der Waals surface area contributed by atoms with E-state index in [-0.39, 0.29) is 11.8 Å². The van der Waals surface area contributed by atoms with E-state index in [0.29, 0.717) is 23.0 Å². The summed E-state index contributed by atoms with van der Waals surface area (Å²) in [5.41, 5.74) is 1.14. The SMILES string of the molecule is CC1CCC(/C=C/C2C=CC(c3ccc(C4CCC(C)CC4)c(F)c3F)CC2)CC1. The first-order valence-electron chi connectivity index (χ1n) is 12.4. The van der Waals surface area contributed by atoms with Crippen LogP contribution in [0, 0.1) is 35.3 Å².